The van der Waals surface area contributed by atoms with E-state index >= 15 is 0 Å². The van der Waals surface area contributed by atoms with Gasteiger partial charge in [-0.15, -0.1) is 0 Å². The third-order valence-corrected chi connectivity index (χ3v) is 4.60. The average molecular weight is 352 g/mol. The van der Waals surface area contributed by atoms with Gasteiger partial charge in [-0.3, -0.25) is 9.63 Å². The number of nitrogens with zero attached hydrogens (tertiary/aromatic N) is 1. The van der Waals surface area contributed by atoms with Gasteiger partial charge < -0.3 is 4.90 Å². The van der Waals surface area contributed by atoms with Crippen molar-refractivity contribution < 1.29 is 22.4 Å². The molecular weight excluding hydrogens is 335 g/mol. The maximum atomic E-state index is 13.6. The monoisotopic (exact) mass is 352 g/mol. The van der Waals surface area contributed by atoms with Crippen molar-refractivity contribution in [3.05, 3.63) is 65.5 Å². The third kappa shape index (κ3) is 4.16. The number of nitrogens with one attached hydrogen (secondary N) is 1. The van der Waals surface area contributed by atoms with E-state index in [1.165, 1.54) is 42.3 Å². The SMILES string of the molecule is CONS(=O)(=O)c1ccc(C(=O)N(C)Cc2ccccc2F)cc1. The molecule has 0 saturated carbocycles. The van der Waals surface area contributed by atoms with Crippen molar-refractivity contribution in [1.29, 1.82) is 0 Å². The maximum absolute atomic E-state index is 13.6. The second-order valence-electron chi connectivity index (χ2n) is 5.07. The van der Waals surface area contributed by atoms with Gasteiger partial charge in [0.15, 0.2) is 0 Å². The first-order valence-corrected chi connectivity index (χ1v) is 8.47. The third-order valence-electron chi connectivity index (χ3n) is 3.32. The second-order valence-corrected chi connectivity index (χ2v) is 6.71. The Morgan fingerprint density at radius 3 is 2.38 bits per heavy atom. The highest BCUT2D eigenvalue weighted by Gasteiger charge is 2.17. The fourth-order valence-electron chi connectivity index (χ4n) is 2.11. The fourth-order valence-corrected chi connectivity index (χ4v) is 2.92. The zero-order valence-electron chi connectivity index (χ0n) is 13.2. The second kappa shape index (κ2) is 7.52. The zero-order chi connectivity index (χ0) is 17.7. The average Bonchev–Trinajstić information content (AvgIpc) is 2.56. The summed E-state index contributed by atoms with van der Waals surface area (Å²) in [4.78, 5) is 20.0. The molecule has 1 N–H and O–H groups in total. The normalized spacial score (nSPS) is 11.3. The van der Waals surface area contributed by atoms with Crippen molar-refractivity contribution in [3.63, 3.8) is 0 Å². The number of carbonyl (C=O) groups is 1. The smallest absolute Gasteiger partial charge is 0.262 e. The Kier molecular flexibility index (Phi) is 5.66. The van der Waals surface area contributed by atoms with Gasteiger partial charge in [0.25, 0.3) is 15.9 Å². The van der Waals surface area contributed by atoms with Crippen LogP contribution in [0.2, 0.25) is 0 Å². The molecule has 1 amide bonds. The topological polar surface area (TPSA) is 75.7 Å². The van der Waals surface area contributed by atoms with Crippen molar-refractivity contribution >= 4 is 15.9 Å². The molecule has 0 spiro atoms. The first-order chi connectivity index (χ1) is 11.3. The quantitative estimate of drug-likeness (QED) is 0.806. The van der Waals surface area contributed by atoms with E-state index in [0.29, 0.717) is 11.1 Å². The first kappa shape index (κ1) is 18.1. The number of carbonyl (C=O) groups excluding carboxylic acids is 1. The molecule has 0 aromatic heterocycles. The van der Waals surface area contributed by atoms with E-state index in [9.17, 15) is 17.6 Å². The summed E-state index contributed by atoms with van der Waals surface area (Å²) in [5.41, 5.74) is 0.696. The number of sulfonamides is 1. The molecule has 0 saturated heterocycles. The van der Waals surface area contributed by atoms with Gasteiger partial charge in [-0.05, 0) is 30.3 Å². The molecule has 2 aromatic rings. The molecule has 24 heavy (non-hydrogen) atoms. The van der Waals surface area contributed by atoms with Crippen LogP contribution in [0.4, 0.5) is 4.39 Å². The van der Waals surface area contributed by atoms with Gasteiger partial charge in [-0.2, -0.15) is 0 Å². The minimum absolute atomic E-state index is 0.0299. The molecule has 0 fully saturated rings. The van der Waals surface area contributed by atoms with Crippen LogP contribution in [0.15, 0.2) is 53.4 Å². The maximum Gasteiger partial charge on any atom is 0.262 e. The molecule has 6 nitrogen and oxygen atoms in total. The van der Waals surface area contributed by atoms with E-state index in [2.05, 4.69) is 4.84 Å². The highest BCUT2D eigenvalue weighted by molar-refractivity contribution is 7.89. The number of rotatable bonds is 6. The minimum Gasteiger partial charge on any atom is -0.337 e. The number of hydrogen-bond donors (Lipinski definition) is 1. The highest BCUT2D eigenvalue weighted by atomic mass is 32.2. The number of hydrogen-bond acceptors (Lipinski definition) is 4. The van der Waals surface area contributed by atoms with Crippen molar-refractivity contribution in [3.8, 4) is 0 Å². The van der Waals surface area contributed by atoms with E-state index in [1.807, 2.05) is 4.89 Å². The Labute approximate surface area is 139 Å². The van der Waals surface area contributed by atoms with Crippen LogP contribution >= 0.6 is 0 Å². The van der Waals surface area contributed by atoms with Crippen LogP contribution in [0.3, 0.4) is 0 Å². The van der Waals surface area contributed by atoms with E-state index < -0.39 is 10.0 Å². The molecule has 0 radical (unpaired) electrons. The van der Waals surface area contributed by atoms with E-state index in [0.717, 1.165) is 0 Å². The van der Waals surface area contributed by atoms with Gasteiger partial charge in [0, 0.05) is 24.7 Å². The fraction of sp³-hybridized carbons (Fsp3) is 0.188. The molecule has 0 atom stereocenters. The van der Waals surface area contributed by atoms with Crippen LogP contribution in [-0.2, 0) is 21.4 Å². The largest absolute Gasteiger partial charge is 0.337 e. The molecule has 0 aliphatic heterocycles. The molecular formula is C16H17FN2O4S. The molecule has 0 aliphatic carbocycles. The van der Waals surface area contributed by atoms with E-state index in [-0.39, 0.29) is 23.2 Å². The van der Waals surface area contributed by atoms with Gasteiger partial charge >= 0.3 is 0 Å². The molecule has 8 heteroatoms. The lowest BCUT2D eigenvalue weighted by molar-refractivity contribution is 0.0783. The molecule has 2 rings (SSSR count). The number of amides is 1. The molecule has 0 unspecified atom stereocenters. The Morgan fingerprint density at radius 1 is 1.17 bits per heavy atom. The molecule has 2 aromatic carbocycles. The summed E-state index contributed by atoms with van der Waals surface area (Å²) in [6, 6.07) is 11.6. The van der Waals surface area contributed by atoms with Gasteiger partial charge in [0.2, 0.25) is 0 Å². The lowest BCUT2D eigenvalue weighted by Gasteiger charge is -2.18. The van der Waals surface area contributed by atoms with Crippen LogP contribution in [-0.4, -0.2) is 33.4 Å². The summed E-state index contributed by atoms with van der Waals surface area (Å²) in [5.74, 6) is -0.730. The zero-order valence-corrected chi connectivity index (χ0v) is 14.0. The Hall–Kier alpha value is -2.29. The first-order valence-electron chi connectivity index (χ1n) is 6.99. The number of benzene rings is 2. The van der Waals surface area contributed by atoms with Crippen LogP contribution in [0.5, 0.6) is 0 Å². The van der Waals surface area contributed by atoms with Crippen molar-refractivity contribution in [2.24, 2.45) is 0 Å². The predicted octanol–water partition coefficient (Wildman–Crippen LogP) is 1.94. The standard InChI is InChI=1S/C16H17FN2O4S/c1-19(11-13-5-3-4-6-15(13)17)16(20)12-7-9-14(10-8-12)24(21,22)18-23-2/h3-10,18H,11H2,1-2H3. The van der Waals surface area contributed by atoms with E-state index in [4.69, 9.17) is 0 Å². The van der Waals surface area contributed by atoms with Gasteiger partial charge in [0.05, 0.1) is 12.0 Å². The molecule has 0 heterocycles. The molecule has 0 bridgehead atoms. The van der Waals surface area contributed by atoms with E-state index in [1.54, 1.807) is 25.2 Å². The van der Waals surface area contributed by atoms with Gasteiger partial charge in [-0.25, -0.2) is 12.8 Å². The van der Waals surface area contributed by atoms with Crippen molar-refractivity contribution in [1.82, 2.24) is 9.79 Å². The summed E-state index contributed by atoms with van der Waals surface area (Å²) in [5, 5.41) is 0. The van der Waals surface area contributed by atoms with Crippen molar-refractivity contribution in [2.45, 2.75) is 11.4 Å². The van der Waals surface area contributed by atoms with Crippen LogP contribution < -0.4 is 4.89 Å². The Morgan fingerprint density at radius 2 is 1.79 bits per heavy atom. The van der Waals surface area contributed by atoms with Crippen LogP contribution in [0.1, 0.15) is 15.9 Å². The lowest BCUT2D eigenvalue weighted by Crippen LogP contribution is -2.27. The van der Waals surface area contributed by atoms with Crippen LogP contribution in [0.25, 0.3) is 0 Å². The summed E-state index contributed by atoms with van der Waals surface area (Å²) >= 11 is 0. The summed E-state index contributed by atoms with van der Waals surface area (Å²) in [6.07, 6.45) is 0. The lowest BCUT2D eigenvalue weighted by atomic mass is 10.1. The molecule has 0 aliphatic rings. The van der Waals surface area contributed by atoms with Gasteiger partial charge in [0.1, 0.15) is 5.82 Å². The molecule has 128 valence electrons. The highest BCUT2D eigenvalue weighted by Crippen LogP contribution is 2.14. The van der Waals surface area contributed by atoms with Crippen LogP contribution in [0, 0.1) is 5.82 Å². The number of halogens is 1. The predicted molar refractivity (Wildman–Crippen MR) is 86.0 cm³/mol. The Balaban J connectivity index is 2.14. The summed E-state index contributed by atoms with van der Waals surface area (Å²) in [6.45, 7) is 0.108. The Bertz CT molecular complexity index is 822. The van der Waals surface area contributed by atoms with Gasteiger partial charge in [-0.1, -0.05) is 23.1 Å². The minimum atomic E-state index is -3.77. The summed E-state index contributed by atoms with van der Waals surface area (Å²) < 4.78 is 37.2. The van der Waals surface area contributed by atoms with Crippen molar-refractivity contribution in [2.75, 3.05) is 14.2 Å². The summed E-state index contributed by atoms with van der Waals surface area (Å²) in [7, 11) is -1.04.